The molecule has 31 heavy (non-hydrogen) atoms. The number of ether oxygens (including phenoxy) is 1. The maximum atomic E-state index is 13.4. The third-order valence-corrected chi connectivity index (χ3v) is 7.07. The maximum Gasteiger partial charge on any atom is 0.266 e. The van der Waals surface area contributed by atoms with Gasteiger partial charge in [0.15, 0.2) is 0 Å². The largest absolute Gasteiger partial charge is 0.497 e. The number of amides is 1. The third-order valence-electron chi connectivity index (χ3n) is 4.72. The number of rotatable bonds is 6. The maximum absolute atomic E-state index is 13.4. The Bertz CT molecular complexity index is 1350. The van der Waals surface area contributed by atoms with Crippen molar-refractivity contribution in [3.63, 3.8) is 0 Å². The predicted octanol–water partition coefficient (Wildman–Crippen LogP) is 3.78. The van der Waals surface area contributed by atoms with Crippen LogP contribution in [0.2, 0.25) is 0 Å². The van der Waals surface area contributed by atoms with Crippen molar-refractivity contribution >= 4 is 50.1 Å². The van der Waals surface area contributed by atoms with Crippen LogP contribution < -0.4 is 14.4 Å². The van der Waals surface area contributed by atoms with Gasteiger partial charge in [0.05, 0.1) is 30.1 Å². The summed E-state index contributed by atoms with van der Waals surface area (Å²) in [7, 11) is -1.02. The van der Waals surface area contributed by atoms with E-state index < -0.39 is 15.9 Å². The van der Waals surface area contributed by atoms with E-state index in [0.29, 0.717) is 22.5 Å². The number of hydrogen-bond donors (Lipinski definition) is 1. The molecule has 0 aliphatic carbocycles. The summed E-state index contributed by atoms with van der Waals surface area (Å²) < 4.78 is 41.2. The van der Waals surface area contributed by atoms with Gasteiger partial charge in [-0.3, -0.25) is 9.10 Å². The lowest BCUT2D eigenvalue weighted by Gasteiger charge is -2.22. The molecule has 0 saturated carbocycles. The number of hydrogen-bond acceptors (Lipinski definition) is 7. The van der Waals surface area contributed by atoms with Gasteiger partial charge < -0.3 is 10.1 Å². The van der Waals surface area contributed by atoms with Gasteiger partial charge in [0.2, 0.25) is 0 Å². The molecule has 0 aliphatic heterocycles. The van der Waals surface area contributed by atoms with Crippen LogP contribution in [0.4, 0.5) is 11.4 Å². The molecule has 8 nitrogen and oxygen atoms in total. The van der Waals surface area contributed by atoms with E-state index in [-0.39, 0.29) is 16.1 Å². The monoisotopic (exact) mass is 454 g/mol. The quantitative estimate of drug-likeness (QED) is 0.476. The van der Waals surface area contributed by atoms with Crippen LogP contribution in [0, 0.1) is 0 Å². The molecule has 0 radical (unpaired) electrons. The summed E-state index contributed by atoms with van der Waals surface area (Å²) in [5.41, 5.74) is 1.83. The number of para-hydroxylation sites is 1. The van der Waals surface area contributed by atoms with E-state index in [1.807, 2.05) is 0 Å². The number of aromatic nitrogens is 2. The molecule has 0 atom stereocenters. The fraction of sp³-hybridized carbons (Fsp3) is 0.0952. The molecule has 10 heteroatoms. The summed E-state index contributed by atoms with van der Waals surface area (Å²) in [6, 6.07) is 18.2. The number of fused-ring (bicyclic) bond motifs is 1. The first-order valence-electron chi connectivity index (χ1n) is 9.16. The van der Waals surface area contributed by atoms with E-state index in [9.17, 15) is 13.2 Å². The van der Waals surface area contributed by atoms with Crippen molar-refractivity contribution < 1.29 is 17.9 Å². The fourth-order valence-electron chi connectivity index (χ4n) is 3.08. The number of sulfonamides is 1. The first-order chi connectivity index (χ1) is 14.9. The second-order valence-electron chi connectivity index (χ2n) is 6.56. The molecule has 1 amide bonds. The van der Waals surface area contributed by atoms with Gasteiger partial charge in [-0.05, 0) is 48.5 Å². The molecule has 1 aromatic heterocycles. The van der Waals surface area contributed by atoms with E-state index in [4.69, 9.17) is 4.74 Å². The van der Waals surface area contributed by atoms with Crippen LogP contribution in [0.5, 0.6) is 5.75 Å². The molecule has 4 rings (SSSR count). The predicted molar refractivity (Wildman–Crippen MR) is 120 cm³/mol. The Balaban J connectivity index is 1.68. The Labute approximate surface area is 183 Å². The molecule has 1 N–H and O–H groups in total. The molecule has 1 heterocycles. The number of carbonyl (C=O) groups excluding carboxylic acids is 1. The SMILES string of the molecule is COc1ccc(NC(=O)c2ccccc2N(C)S(=O)(=O)c2cccc3nsnc23)cc1. The van der Waals surface area contributed by atoms with E-state index in [2.05, 4.69) is 14.1 Å². The first-order valence-corrected chi connectivity index (χ1v) is 11.3. The summed E-state index contributed by atoms with van der Waals surface area (Å²) in [4.78, 5) is 13.0. The molecule has 158 valence electrons. The lowest BCUT2D eigenvalue weighted by molar-refractivity contribution is 0.102. The summed E-state index contributed by atoms with van der Waals surface area (Å²) in [6.45, 7) is 0. The van der Waals surface area contributed by atoms with Crippen molar-refractivity contribution in [3.8, 4) is 5.75 Å². The fourth-order valence-corrected chi connectivity index (χ4v) is 5.05. The summed E-state index contributed by atoms with van der Waals surface area (Å²) >= 11 is 0.947. The van der Waals surface area contributed by atoms with Gasteiger partial charge in [0, 0.05) is 12.7 Å². The lowest BCUT2D eigenvalue weighted by atomic mass is 10.1. The molecule has 0 unspecified atom stereocenters. The Morgan fingerprint density at radius 2 is 1.74 bits per heavy atom. The molecule has 0 aliphatic rings. The number of nitrogens with zero attached hydrogens (tertiary/aromatic N) is 3. The molecular weight excluding hydrogens is 436 g/mol. The highest BCUT2D eigenvalue weighted by molar-refractivity contribution is 7.93. The van der Waals surface area contributed by atoms with Crippen molar-refractivity contribution in [2.45, 2.75) is 4.90 Å². The topological polar surface area (TPSA) is 101 Å². The second kappa shape index (κ2) is 8.32. The molecule has 0 fully saturated rings. The summed E-state index contributed by atoms with van der Waals surface area (Å²) in [6.07, 6.45) is 0. The molecule has 4 aromatic rings. The smallest absolute Gasteiger partial charge is 0.266 e. The van der Waals surface area contributed by atoms with E-state index in [0.717, 1.165) is 16.0 Å². The van der Waals surface area contributed by atoms with Crippen LogP contribution in [-0.2, 0) is 10.0 Å². The minimum atomic E-state index is -3.99. The van der Waals surface area contributed by atoms with Crippen molar-refractivity contribution in [3.05, 3.63) is 72.3 Å². The first kappa shape index (κ1) is 20.8. The van der Waals surface area contributed by atoms with Crippen LogP contribution in [-0.4, -0.2) is 37.2 Å². The number of carbonyl (C=O) groups is 1. The van der Waals surface area contributed by atoms with Crippen LogP contribution in [0.15, 0.2) is 71.6 Å². The van der Waals surface area contributed by atoms with Crippen molar-refractivity contribution in [1.82, 2.24) is 8.75 Å². The highest BCUT2D eigenvalue weighted by atomic mass is 32.2. The van der Waals surface area contributed by atoms with E-state index in [1.54, 1.807) is 67.8 Å². The summed E-state index contributed by atoms with van der Waals surface area (Å²) in [5.74, 6) is 0.228. The van der Waals surface area contributed by atoms with E-state index in [1.165, 1.54) is 13.1 Å². The zero-order valence-corrected chi connectivity index (χ0v) is 18.3. The van der Waals surface area contributed by atoms with Gasteiger partial charge in [-0.25, -0.2) is 8.42 Å². The van der Waals surface area contributed by atoms with Crippen molar-refractivity contribution in [2.75, 3.05) is 23.8 Å². The standard InChI is InChI=1S/C21H18N4O4S2/c1-25(31(27,28)19-9-5-7-17-20(19)24-30-23-17)18-8-4-3-6-16(18)21(26)22-14-10-12-15(29-2)13-11-14/h3-13H,1-2H3,(H,22,26). The Hall–Kier alpha value is -3.50. The third kappa shape index (κ3) is 3.94. The van der Waals surface area contributed by atoms with Gasteiger partial charge >= 0.3 is 0 Å². The average Bonchev–Trinajstić information content (AvgIpc) is 3.28. The van der Waals surface area contributed by atoms with Gasteiger partial charge in [-0.2, -0.15) is 8.75 Å². The van der Waals surface area contributed by atoms with Crippen LogP contribution in [0.3, 0.4) is 0 Å². The number of methoxy groups -OCH3 is 1. The highest BCUT2D eigenvalue weighted by Gasteiger charge is 2.27. The molecular formula is C21H18N4O4S2. The normalized spacial score (nSPS) is 11.3. The lowest BCUT2D eigenvalue weighted by Crippen LogP contribution is -2.29. The summed E-state index contributed by atoms with van der Waals surface area (Å²) in [5, 5.41) is 2.78. The minimum Gasteiger partial charge on any atom is -0.497 e. The highest BCUT2D eigenvalue weighted by Crippen LogP contribution is 2.29. The number of nitrogens with one attached hydrogen (secondary N) is 1. The van der Waals surface area contributed by atoms with Crippen LogP contribution >= 0.6 is 11.7 Å². The average molecular weight is 455 g/mol. The van der Waals surface area contributed by atoms with Crippen molar-refractivity contribution in [2.24, 2.45) is 0 Å². The van der Waals surface area contributed by atoms with Gasteiger partial charge in [-0.15, -0.1) is 0 Å². The van der Waals surface area contributed by atoms with Gasteiger partial charge in [0.1, 0.15) is 21.7 Å². The Morgan fingerprint density at radius 1 is 1.00 bits per heavy atom. The molecule has 0 bridgehead atoms. The second-order valence-corrected chi connectivity index (χ2v) is 9.03. The van der Waals surface area contributed by atoms with Crippen LogP contribution in [0.1, 0.15) is 10.4 Å². The zero-order valence-electron chi connectivity index (χ0n) is 16.6. The Morgan fingerprint density at radius 3 is 2.48 bits per heavy atom. The zero-order chi connectivity index (χ0) is 22.0. The van der Waals surface area contributed by atoms with Crippen molar-refractivity contribution in [1.29, 1.82) is 0 Å². The molecule has 0 spiro atoms. The minimum absolute atomic E-state index is 0.0339. The van der Waals surface area contributed by atoms with Gasteiger partial charge in [-0.1, -0.05) is 18.2 Å². The number of benzene rings is 3. The molecule has 0 saturated heterocycles. The number of anilines is 2. The van der Waals surface area contributed by atoms with Crippen LogP contribution in [0.25, 0.3) is 11.0 Å². The van der Waals surface area contributed by atoms with E-state index >= 15 is 0 Å². The Kier molecular flexibility index (Phi) is 5.57. The van der Waals surface area contributed by atoms with Gasteiger partial charge in [0.25, 0.3) is 15.9 Å². The molecule has 3 aromatic carbocycles.